The molecule has 0 saturated carbocycles. The Morgan fingerprint density at radius 1 is 0.794 bits per heavy atom. The first-order valence-electron chi connectivity index (χ1n) is 10.5. The molecule has 0 fully saturated rings. The minimum atomic E-state index is -0.0893. The summed E-state index contributed by atoms with van der Waals surface area (Å²) in [5.41, 5.74) is 4.41. The fourth-order valence-corrected chi connectivity index (χ4v) is 4.89. The van der Waals surface area contributed by atoms with Crippen molar-refractivity contribution in [3.05, 3.63) is 122 Å². The van der Waals surface area contributed by atoms with Gasteiger partial charge in [0.1, 0.15) is 0 Å². The summed E-state index contributed by atoms with van der Waals surface area (Å²) in [6, 6.07) is 30.6. The molecule has 0 saturated heterocycles. The maximum absolute atomic E-state index is 13.3. The van der Waals surface area contributed by atoms with Gasteiger partial charge in [-0.3, -0.25) is 4.79 Å². The smallest absolute Gasteiger partial charge is 0.195 e. The average Bonchev–Trinajstić information content (AvgIpc) is 2.86. The Kier molecular flexibility index (Phi) is 6.50. The van der Waals surface area contributed by atoms with Gasteiger partial charge in [-0.05, 0) is 42.0 Å². The van der Waals surface area contributed by atoms with Crippen molar-refractivity contribution in [1.82, 2.24) is 4.98 Å². The van der Waals surface area contributed by atoms with E-state index in [0.717, 1.165) is 31.0 Å². The van der Waals surface area contributed by atoms with E-state index in [1.807, 2.05) is 84.9 Å². The van der Waals surface area contributed by atoms with Crippen molar-refractivity contribution in [2.24, 2.45) is 0 Å². The molecule has 0 radical (unpaired) electrons. The number of anilines is 2. The van der Waals surface area contributed by atoms with E-state index in [4.69, 9.17) is 16.6 Å². The fraction of sp³-hybridized carbons (Fsp3) is 0. The number of carbonyl (C=O) groups excluding carboxylic acids is 1. The van der Waals surface area contributed by atoms with Gasteiger partial charge in [0.05, 0.1) is 16.2 Å². The Bertz CT molecular complexity index is 1520. The highest BCUT2D eigenvalue weighted by Gasteiger charge is 2.19. The molecule has 34 heavy (non-hydrogen) atoms. The van der Waals surface area contributed by atoms with E-state index in [-0.39, 0.29) is 5.78 Å². The number of pyridine rings is 1. The normalized spacial score (nSPS) is 10.9. The molecule has 4 aromatic carbocycles. The molecular formula is C28H17Br2ClN2O. The van der Waals surface area contributed by atoms with Gasteiger partial charge in [0, 0.05) is 31.0 Å². The van der Waals surface area contributed by atoms with Crippen LogP contribution in [0.25, 0.3) is 22.0 Å². The number of carbonyl (C=O) groups is 1. The molecule has 0 aliphatic carbocycles. The number of benzene rings is 4. The highest BCUT2D eigenvalue weighted by atomic mass is 79.9. The third-order valence-corrected chi connectivity index (χ3v) is 6.82. The molecule has 1 aromatic heterocycles. The van der Waals surface area contributed by atoms with Gasteiger partial charge in [0.25, 0.3) is 0 Å². The van der Waals surface area contributed by atoms with Crippen molar-refractivity contribution in [3.63, 3.8) is 0 Å². The Morgan fingerprint density at radius 3 is 2.18 bits per heavy atom. The summed E-state index contributed by atoms with van der Waals surface area (Å²) in [4.78, 5) is 18.1. The van der Waals surface area contributed by atoms with Crippen LogP contribution in [0.3, 0.4) is 0 Å². The van der Waals surface area contributed by atoms with Crippen LogP contribution in [0, 0.1) is 0 Å². The number of nitrogens with one attached hydrogen (secondary N) is 1. The zero-order chi connectivity index (χ0) is 23.7. The topological polar surface area (TPSA) is 42.0 Å². The van der Waals surface area contributed by atoms with Gasteiger partial charge in [-0.1, -0.05) is 104 Å². The molecule has 0 aliphatic heterocycles. The summed E-state index contributed by atoms with van der Waals surface area (Å²) in [6.45, 7) is 0. The van der Waals surface area contributed by atoms with Crippen LogP contribution in [0.1, 0.15) is 15.9 Å². The maximum atomic E-state index is 13.3. The highest BCUT2D eigenvalue weighted by molar-refractivity contribution is 9.10. The Balaban J connectivity index is 1.67. The lowest BCUT2D eigenvalue weighted by molar-refractivity contribution is 0.103. The molecular weight excluding hydrogens is 576 g/mol. The summed E-state index contributed by atoms with van der Waals surface area (Å²) in [7, 11) is 0. The SMILES string of the molecule is O=C(c1ccccc1)c1cc(Br)ccc1Nc1nc2ccc(Br)cc2c(-c2ccccc2)c1Cl. The second-order valence-electron chi connectivity index (χ2n) is 7.69. The van der Waals surface area contributed by atoms with Crippen LogP contribution in [0.2, 0.25) is 5.02 Å². The molecule has 0 spiro atoms. The van der Waals surface area contributed by atoms with Crippen molar-refractivity contribution in [1.29, 1.82) is 0 Å². The highest BCUT2D eigenvalue weighted by Crippen LogP contribution is 2.41. The largest absolute Gasteiger partial charge is 0.338 e. The molecule has 5 rings (SSSR count). The van der Waals surface area contributed by atoms with Crippen LogP contribution in [-0.2, 0) is 0 Å². The molecule has 166 valence electrons. The van der Waals surface area contributed by atoms with Crippen molar-refractivity contribution in [2.45, 2.75) is 0 Å². The number of halogens is 3. The number of nitrogens with zero attached hydrogens (tertiary/aromatic N) is 1. The Hall–Kier alpha value is -2.99. The van der Waals surface area contributed by atoms with E-state index >= 15 is 0 Å². The number of fused-ring (bicyclic) bond motifs is 1. The Labute approximate surface area is 219 Å². The van der Waals surface area contributed by atoms with Gasteiger partial charge in [-0.15, -0.1) is 0 Å². The standard InChI is InChI=1S/C28H17Br2ClN2O/c29-19-11-13-23-21(15-19)25(17-7-3-1-4-8-17)26(31)28(32-23)33-24-14-12-20(30)16-22(24)27(34)18-9-5-2-6-10-18/h1-16H,(H,32,33). The van der Waals surface area contributed by atoms with Crippen LogP contribution >= 0.6 is 43.5 Å². The lowest BCUT2D eigenvalue weighted by atomic mass is 10.00. The van der Waals surface area contributed by atoms with E-state index in [9.17, 15) is 4.79 Å². The van der Waals surface area contributed by atoms with Crippen molar-refractivity contribution < 1.29 is 4.79 Å². The average molecular weight is 593 g/mol. The lowest BCUT2D eigenvalue weighted by Crippen LogP contribution is -2.07. The van der Waals surface area contributed by atoms with Crippen LogP contribution in [-0.4, -0.2) is 10.8 Å². The van der Waals surface area contributed by atoms with Crippen LogP contribution in [0.15, 0.2) is 106 Å². The molecule has 0 amide bonds. The lowest BCUT2D eigenvalue weighted by Gasteiger charge is -2.17. The summed E-state index contributed by atoms with van der Waals surface area (Å²) in [5.74, 6) is 0.397. The van der Waals surface area contributed by atoms with Crippen LogP contribution in [0.4, 0.5) is 11.5 Å². The van der Waals surface area contributed by atoms with Gasteiger partial charge >= 0.3 is 0 Å². The molecule has 3 nitrogen and oxygen atoms in total. The quantitative estimate of drug-likeness (QED) is 0.207. The molecule has 0 atom stereocenters. The molecule has 5 aromatic rings. The minimum absolute atomic E-state index is 0.0893. The minimum Gasteiger partial charge on any atom is -0.338 e. The zero-order valence-corrected chi connectivity index (χ0v) is 21.7. The molecule has 0 bridgehead atoms. The van der Waals surface area contributed by atoms with Crippen LogP contribution < -0.4 is 5.32 Å². The maximum Gasteiger partial charge on any atom is 0.195 e. The van der Waals surface area contributed by atoms with Gasteiger partial charge in [-0.2, -0.15) is 0 Å². The van der Waals surface area contributed by atoms with Gasteiger partial charge < -0.3 is 5.32 Å². The van der Waals surface area contributed by atoms with Gasteiger partial charge in [0.15, 0.2) is 11.6 Å². The first-order valence-corrected chi connectivity index (χ1v) is 12.5. The van der Waals surface area contributed by atoms with Crippen molar-refractivity contribution in [3.8, 4) is 11.1 Å². The number of aromatic nitrogens is 1. The van der Waals surface area contributed by atoms with E-state index in [2.05, 4.69) is 37.2 Å². The first kappa shape index (κ1) is 22.8. The zero-order valence-electron chi connectivity index (χ0n) is 17.7. The van der Waals surface area contributed by atoms with Gasteiger partial charge in [-0.25, -0.2) is 4.98 Å². The van der Waals surface area contributed by atoms with E-state index < -0.39 is 0 Å². The third-order valence-electron chi connectivity index (χ3n) is 5.47. The van der Waals surface area contributed by atoms with E-state index in [1.54, 1.807) is 12.1 Å². The van der Waals surface area contributed by atoms with E-state index in [0.29, 0.717) is 27.7 Å². The second kappa shape index (κ2) is 9.71. The number of hydrogen-bond acceptors (Lipinski definition) is 3. The van der Waals surface area contributed by atoms with Crippen LogP contribution in [0.5, 0.6) is 0 Å². The number of rotatable bonds is 5. The second-order valence-corrected chi connectivity index (χ2v) is 9.90. The molecule has 6 heteroatoms. The predicted octanol–water partition coefficient (Wildman–Crippen LogP) is 9.05. The van der Waals surface area contributed by atoms with E-state index in [1.165, 1.54) is 0 Å². The monoisotopic (exact) mass is 590 g/mol. The molecule has 0 aliphatic rings. The molecule has 0 unspecified atom stereocenters. The summed E-state index contributed by atoms with van der Waals surface area (Å²) < 4.78 is 1.75. The summed E-state index contributed by atoms with van der Waals surface area (Å²) in [5, 5.41) is 4.76. The molecule has 1 N–H and O–H groups in total. The number of ketones is 1. The Morgan fingerprint density at radius 2 is 1.44 bits per heavy atom. The van der Waals surface area contributed by atoms with Crippen molar-refractivity contribution >= 4 is 71.7 Å². The predicted molar refractivity (Wildman–Crippen MR) is 147 cm³/mol. The van der Waals surface area contributed by atoms with Gasteiger partial charge in [0.2, 0.25) is 0 Å². The first-order chi connectivity index (χ1) is 16.5. The van der Waals surface area contributed by atoms with Crippen molar-refractivity contribution in [2.75, 3.05) is 5.32 Å². The summed E-state index contributed by atoms with van der Waals surface area (Å²) in [6.07, 6.45) is 0. The fourth-order valence-electron chi connectivity index (χ4n) is 3.87. The number of hydrogen-bond donors (Lipinski definition) is 1. The molecule has 1 heterocycles. The third kappa shape index (κ3) is 4.51. The summed E-state index contributed by atoms with van der Waals surface area (Å²) >= 11 is 14.0.